The number of methoxy groups -OCH3 is 1. The van der Waals surface area contributed by atoms with E-state index in [1.807, 2.05) is 42.6 Å². The summed E-state index contributed by atoms with van der Waals surface area (Å²) in [5.41, 5.74) is 2.46. The number of hydrogen-bond acceptors (Lipinski definition) is 4. The highest BCUT2D eigenvalue weighted by Crippen LogP contribution is 2.22. The fourth-order valence-electron chi connectivity index (χ4n) is 3.39. The summed E-state index contributed by atoms with van der Waals surface area (Å²) in [5.74, 6) is 1.77. The predicted molar refractivity (Wildman–Crippen MR) is 108 cm³/mol. The summed E-state index contributed by atoms with van der Waals surface area (Å²) in [4.78, 5) is 17.4. The molecule has 1 saturated heterocycles. The third kappa shape index (κ3) is 3.61. The van der Waals surface area contributed by atoms with Crippen LogP contribution in [0.4, 0.5) is 11.5 Å². The van der Waals surface area contributed by atoms with Gasteiger partial charge < -0.3 is 24.3 Å². The molecule has 0 aliphatic carbocycles. The minimum Gasteiger partial charge on any atom is -0.497 e. The van der Waals surface area contributed by atoms with E-state index in [2.05, 4.69) is 38.7 Å². The Morgan fingerprint density at radius 3 is 2.37 bits per heavy atom. The van der Waals surface area contributed by atoms with Gasteiger partial charge in [0.2, 0.25) is 0 Å². The molecule has 0 atom stereocenters. The Balaban J connectivity index is 1.56. The van der Waals surface area contributed by atoms with Crippen molar-refractivity contribution in [2.24, 2.45) is 0 Å². The van der Waals surface area contributed by atoms with E-state index in [4.69, 9.17) is 4.74 Å². The van der Waals surface area contributed by atoms with Gasteiger partial charge in [-0.2, -0.15) is 0 Å². The van der Waals surface area contributed by atoms with Crippen LogP contribution < -0.4 is 15.0 Å². The van der Waals surface area contributed by atoms with Crippen LogP contribution in [-0.4, -0.2) is 55.5 Å². The largest absolute Gasteiger partial charge is 0.497 e. The average Bonchev–Trinajstić information content (AvgIpc) is 3.12. The average molecular weight is 364 g/mol. The lowest BCUT2D eigenvalue weighted by atomic mass is 10.2. The molecule has 1 fully saturated rings. The highest BCUT2D eigenvalue weighted by molar-refractivity contribution is 6.04. The number of hydrogen-bond donors (Lipinski definition) is 1. The Morgan fingerprint density at radius 2 is 1.67 bits per heavy atom. The van der Waals surface area contributed by atoms with Crippen molar-refractivity contribution in [1.29, 1.82) is 0 Å². The van der Waals surface area contributed by atoms with Crippen LogP contribution in [0, 0.1) is 0 Å². The second-order valence-corrected chi connectivity index (χ2v) is 6.88. The molecule has 1 N–H and O–H groups in total. The summed E-state index contributed by atoms with van der Waals surface area (Å²) in [7, 11) is 3.77. The number of likely N-dealkylation sites (N-methyl/N-ethyl adjacent to an activating group) is 1. The van der Waals surface area contributed by atoms with Gasteiger partial charge in [-0.25, -0.2) is 0 Å². The summed E-state index contributed by atoms with van der Waals surface area (Å²) in [5, 5.41) is 2.94. The van der Waals surface area contributed by atoms with Gasteiger partial charge in [-0.05, 0) is 55.6 Å². The number of rotatable bonds is 4. The number of benzene rings is 1. The molecule has 27 heavy (non-hydrogen) atoms. The van der Waals surface area contributed by atoms with Gasteiger partial charge in [0, 0.05) is 43.6 Å². The summed E-state index contributed by atoms with van der Waals surface area (Å²) in [6, 6.07) is 15.4. The van der Waals surface area contributed by atoms with E-state index in [9.17, 15) is 4.79 Å². The zero-order valence-electron chi connectivity index (χ0n) is 15.7. The van der Waals surface area contributed by atoms with Crippen LogP contribution in [0.5, 0.6) is 5.75 Å². The molecule has 1 aliphatic heterocycles. The van der Waals surface area contributed by atoms with Gasteiger partial charge in [0.05, 0.1) is 12.7 Å². The first kappa shape index (κ1) is 17.4. The standard InChI is InChI=1S/C21H24N4O2/c1-23-11-13-24(14-12-23)20-10-7-18-6-3-16(15-25(18)20)21(26)22-17-4-8-19(27-2)9-5-17/h3-10,15H,11-14H2,1-2H3,(H,22,26). The number of carbonyl (C=O) groups excluding carboxylic acids is 1. The Labute approximate surface area is 159 Å². The van der Waals surface area contributed by atoms with E-state index in [1.165, 1.54) is 0 Å². The number of nitrogens with zero attached hydrogens (tertiary/aromatic N) is 3. The maximum absolute atomic E-state index is 12.7. The van der Waals surface area contributed by atoms with Crippen LogP contribution in [0.3, 0.4) is 0 Å². The number of anilines is 2. The topological polar surface area (TPSA) is 49.2 Å². The molecule has 2 aromatic heterocycles. The van der Waals surface area contributed by atoms with Crippen LogP contribution >= 0.6 is 0 Å². The van der Waals surface area contributed by atoms with Crippen molar-refractivity contribution in [3.8, 4) is 5.75 Å². The van der Waals surface area contributed by atoms with Crippen LogP contribution in [0.15, 0.2) is 54.7 Å². The lowest BCUT2D eigenvalue weighted by molar-refractivity contribution is 0.102. The molecule has 1 aliphatic rings. The Morgan fingerprint density at radius 1 is 0.963 bits per heavy atom. The van der Waals surface area contributed by atoms with E-state index in [1.54, 1.807) is 7.11 Å². The molecule has 6 heteroatoms. The number of fused-ring (bicyclic) bond motifs is 1. The molecule has 0 spiro atoms. The molecule has 6 nitrogen and oxygen atoms in total. The monoisotopic (exact) mass is 364 g/mol. The minimum atomic E-state index is -0.125. The first-order valence-corrected chi connectivity index (χ1v) is 9.14. The number of pyridine rings is 1. The zero-order valence-corrected chi connectivity index (χ0v) is 15.7. The maximum atomic E-state index is 12.7. The number of carbonyl (C=O) groups is 1. The molecule has 0 saturated carbocycles. The summed E-state index contributed by atoms with van der Waals surface area (Å²) >= 11 is 0. The van der Waals surface area contributed by atoms with E-state index in [-0.39, 0.29) is 5.91 Å². The van der Waals surface area contributed by atoms with Crippen LogP contribution in [0.1, 0.15) is 10.4 Å². The maximum Gasteiger partial charge on any atom is 0.257 e. The first-order chi connectivity index (χ1) is 13.1. The molecular formula is C21H24N4O2. The van der Waals surface area contributed by atoms with Crippen molar-refractivity contribution < 1.29 is 9.53 Å². The molecule has 140 valence electrons. The molecule has 3 heterocycles. The molecule has 3 aromatic rings. The second-order valence-electron chi connectivity index (χ2n) is 6.88. The van der Waals surface area contributed by atoms with Crippen LogP contribution in [0.2, 0.25) is 0 Å². The molecule has 4 rings (SSSR count). The highest BCUT2D eigenvalue weighted by atomic mass is 16.5. The third-order valence-electron chi connectivity index (χ3n) is 5.07. The van der Waals surface area contributed by atoms with Crippen molar-refractivity contribution >= 4 is 22.9 Å². The number of nitrogens with one attached hydrogen (secondary N) is 1. The fraction of sp³-hybridized carbons (Fsp3) is 0.286. The van der Waals surface area contributed by atoms with E-state index in [0.29, 0.717) is 5.56 Å². The molecular weight excluding hydrogens is 340 g/mol. The number of piperazine rings is 1. The first-order valence-electron chi connectivity index (χ1n) is 9.14. The van der Waals surface area contributed by atoms with Gasteiger partial charge in [0.15, 0.2) is 0 Å². The van der Waals surface area contributed by atoms with Gasteiger partial charge >= 0.3 is 0 Å². The molecule has 0 radical (unpaired) electrons. The van der Waals surface area contributed by atoms with E-state index < -0.39 is 0 Å². The van der Waals surface area contributed by atoms with Gasteiger partial charge in [0.1, 0.15) is 11.6 Å². The van der Waals surface area contributed by atoms with E-state index in [0.717, 1.165) is 49.0 Å². The fourth-order valence-corrected chi connectivity index (χ4v) is 3.39. The van der Waals surface area contributed by atoms with Crippen molar-refractivity contribution in [2.75, 3.05) is 50.6 Å². The van der Waals surface area contributed by atoms with Crippen LogP contribution in [0.25, 0.3) is 5.52 Å². The molecule has 1 amide bonds. The lowest BCUT2D eigenvalue weighted by Gasteiger charge is -2.33. The Hall–Kier alpha value is -2.99. The second kappa shape index (κ2) is 7.32. The normalized spacial score (nSPS) is 15.1. The van der Waals surface area contributed by atoms with Crippen LogP contribution in [-0.2, 0) is 0 Å². The molecule has 1 aromatic carbocycles. The van der Waals surface area contributed by atoms with Gasteiger partial charge in [-0.1, -0.05) is 0 Å². The van der Waals surface area contributed by atoms with Gasteiger partial charge in [0.25, 0.3) is 5.91 Å². The summed E-state index contributed by atoms with van der Waals surface area (Å²) in [6.45, 7) is 4.07. The number of amides is 1. The predicted octanol–water partition coefficient (Wildman–Crippen LogP) is 2.95. The summed E-state index contributed by atoms with van der Waals surface area (Å²) < 4.78 is 7.26. The van der Waals surface area contributed by atoms with Crippen molar-refractivity contribution in [3.05, 3.63) is 60.3 Å². The smallest absolute Gasteiger partial charge is 0.257 e. The zero-order chi connectivity index (χ0) is 18.8. The van der Waals surface area contributed by atoms with Crippen molar-refractivity contribution in [1.82, 2.24) is 9.30 Å². The van der Waals surface area contributed by atoms with Crippen molar-refractivity contribution in [3.63, 3.8) is 0 Å². The van der Waals surface area contributed by atoms with Crippen molar-refractivity contribution in [2.45, 2.75) is 0 Å². The van der Waals surface area contributed by atoms with Gasteiger partial charge in [-0.15, -0.1) is 0 Å². The number of ether oxygens (including phenoxy) is 1. The summed E-state index contributed by atoms with van der Waals surface area (Å²) in [6.07, 6.45) is 1.92. The minimum absolute atomic E-state index is 0.125. The molecule has 0 bridgehead atoms. The molecule has 0 unspecified atom stereocenters. The highest BCUT2D eigenvalue weighted by Gasteiger charge is 2.17. The lowest BCUT2D eigenvalue weighted by Crippen LogP contribution is -2.44. The Kier molecular flexibility index (Phi) is 4.73. The quantitative estimate of drug-likeness (QED) is 0.773. The van der Waals surface area contributed by atoms with E-state index >= 15 is 0 Å². The van der Waals surface area contributed by atoms with Gasteiger partial charge in [-0.3, -0.25) is 4.79 Å². The Bertz CT molecular complexity index is 940. The SMILES string of the molecule is COc1ccc(NC(=O)c2ccc3ccc(N4CCN(C)CC4)n3c2)cc1. The third-order valence-corrected chi connectivity index (χ3v) is 5.07. The number of aromatic nitrogens is 1.